The molecule has 0 unspecified atom stereocenters. The lowest BCUT2D eigenvalue weighted by Gasteiger charge is -2.18. The molecule has 0 fully saturated rings. The maximum atomic E-state index is 13.4. The minimum Gasteiger partial charge on any atom is -0.488 e. The topological polar surface area (TPSA) is 38.3 Å². The number of aryl methyl sites for hydroxylation is 1. The summed E-state index contributed by atoms with van der Waals surface area (Å²) in [6.45, 7) is 1.72. The number of carbonyl (C=O) groups excluding carboxylic acids is 1. The second-order valence-corrected chi connectivity index (χ2v) is 6.55. The molecule has 0 radical (unpaired) electrons. The highest BCUT2D eigenvalue weighted by molar-refractivity contribution is 9.10. The van der Waals surface area contributed by atoms with Crippen molar-refractivity contribution < 1.29 is 22.7 Å². The standard InChI is InChI=1S/C19H19BrF3NO2/c1-3-12-7-8-17(16(20)9-12)26-11-14-13(10-18(25)24-2)5-4-6-15(14)19(21,22)23/h4-9H,3,10-11H2,1-2H3,(H,24,25). The van der Waals surface area contributed by atoms with Crippen LogP contribution in [-0.2, 0) is 30.4 Å². The fraction of sp³-hybridized carbons (Fsp3) is 0.316. The monoisotopic (exact) mass is 429 g/mol. The molecule has 0 spiro atoms. The number of benzene rings is 2. The molecule has 0 aliphatic carbocycles. The molecule has 1 N–H and O–H groups in total. The van der Waals surface area contributed by atoms with Crippen molar-refractivity contribution >= 4 is 21.8 Å². The summed E-state index contributed by atoms with van der Waals surface area (Å²) in [5.41, 5.74) is 0.552. The Morgan fingerprint density at radius 1 is 1.23 bits per heavy atom. The summed E-state index contributed by atoms with van der Waals surface area (Å²) in [4.78, 5) is 11.7. The van der Waals surface area contributed by atoms with Gasteiger partial charge in [0.1, 0.15) is 12.4 Å². The Morgan fingerprint density at radius 2 is 1.96 bits per heavy atom. The van der Waals surface area contributed by atoms with Gasteiger partial charge in [0.25, 0.3) is 0 Å². The van der Waals surface area contributed by atoms with Crippen LogP contribution in [0.2, 0.25) is 0 Å². The van der Waals surface area contributed by atoms with Crippen molar-refractivity contribution in [3.63, 3.8) is 0 Å². The van der Waals surface area contributed by atoms with Crippen molar-refractivity contribution in [2.75, 3.05) is 7.05 Å². The molecule has 7 heteroatoms. The van der Waals surface area contributed by atoms with Crippen LogP contribution < -0.4 is 10.1 Å². The highest BCUT2D eigenvalue weighted by Crippen LogP contribution is 2.35. The molecular weight excluding hydrogens is 411 g/mol. The van der Waals surface area contributed by atoms with Crippen LogP contribution in [0.25, 0.3) is 0 Å². The minimum absolute atomic E-state index is 0.0323. The Morgan fingerprint density at radius 3 is 2.54 bits per heavy atom. The van der Waals surface area contributed by atoms with E-state index in [1.165, 1.54) is 19.2 Å². The van der Waals surface area contributed by atoms with Crippen LogP contribution >= 0.6 is 15.9 Å². The number of halogens is 4. The summed E-state index contributed by atoms with van der Waals surface area (Å²) in [5, 5.41) is 2.43. The summed E-state index contributed by atoms with van der Waals surface area (Å²) < 4.78 is 46.5. The summed E-state index contributed by atoms with van der Waals surface area (Å²) >= 11 is 3.38. The molecule has 2 aromatic rings. The molecule has 2 aromatic carbocycles. The summed E-state index contributed by atoms with van der Waals surface area (Å²) in [5.74, 6) is 0.0872. The molecule has 0 bridgehead atoms. The normalized spacial score (nSPS) is 11.3. The first kappa shape index (κ1) is 20.3. The molecule has 2 rings (SSSR count). The summed E-state index contributed by atoms with van der Waals surface area (Å²) in [7, 11) is 1.44. The predicted octanol–water partition coefficient (Wildman–Crippen LogP) is 4.90. The number of amides is 1. The third-order valence-corrected chi connectivity index (χ3v) is 4.60. The number of carbonyl (C=O) groups is 1. The number of hydrogen-bond donors (Lipinski definition) is 1. The van der Waals surface area contributed by atoms with Gasteiger partial charge < -0.3 is 10.1 Å². The first-order valence-corrected chi connectivity index (χ1v) is 8.85. The molecule has 0 heterocycles. The average Bonchev–Trinajstić information content (AvgIpc) is 2.60. The van der Waals surface area contributed by atoms with Gasteiger partial charge in [-0.3, -0.25) is 4.79 Å². The molecule has 0 saturated heterocycles. The first-order chi connectivity index (χ1) is 12.3. The lowest BCUT2D eigenvalue weighted by atomic mass is 9.98. The first-order valence-electron chi connectivity index (χ1n) is 8.06. The van der Waals surface area contributed by atoms with Crippen molar-refractivity contribution in [3.05, 3.63) is 63.1 Å². The zero-order valence-corrected chi connectivity index (χ0v) is 16.0. The van der Waals surface area contributed by atoms with Gasteiger partial charge in [-0.05, 0) is 51.7 Å². The van der Waals surface area contributed by atoms with E-state index >= 15 is 0 Å². The molecule has 0 aromatic heterocycles. The van der Waals surface area contributed by atoms with Gasteiger partial charge in [0.15, 0.2) is 0 Å². The maximum Gasteiger partial charge on any atom is 0.416 e. The van der Waals surface area contributed by atoms with Crippen LogP contribution in [0.4, 0.5) is 13.2 Å². The van der Waals surface area contributed by atoms with Gasteiger partial charge in [0.2, 0.25) is 5.91 Å². The average molecular weight is 430 g/mol. The number of hydrogen-bond acceptors (Lipinski definition) is 2. The van der Waals surface area contributed by atoms with E-state index in [-0.39, 0.29) is 24.5 Å². The van der Waals surface area contributed by atoms with E-state index in [1.807, 2.05) is 19.1 Å². The molecular formula is C19H19BrF3NO2. The van der Waals surface area contributed by atoms with Gasteiger partial charge in [-0.1, -0.05) is 25.1 Å². The molecule has 0 saturated carbocycles. The van der Waals surface area contributed by atoms with Crippen molar-refractivity contribution in [2.24, 2.45) is 0 Å². The quantitative estimate of drug-likeness (QED) is 0.709. The van der Waals surface area contributed by atoms with Gasteiger partial charge in [0.05, 0.1) is 16.5 Å². The Bertz CT molecular complexity index is 791. The number of ether oxygens (including phenoxy) is 1. The van der Waals surface area contributed by atoms with Gasteiger partial charge in [-0.2, -0.15) is 13.2 Å². The van der Waals surface area contributed by atoms with E-state index in [2.05, 4.69) is 21.2 Å². The second kappa shape index (κ2) is 8.58. The third kappa shape index (κ3) is 5.00. The summed E-state index contributed by atoms with van der Waals surface area (Å²) in [6.07, 6.45) is -3.83. The van der Waals surface area contributed by atoms with Gasteiger partial charge >= 0.3 is 6.18 Å². The Hall–Kier alpha value is -2.02. The predicted molar refractivity (Wildman–Crippen MR) is 97.1 cm³/mol. The van der Waals surface area contributed by atoms with E-state index in [4.69, 9.17) is 4.74 Å². The molecule has 0 aliphatic rings. The fourth-order valence-electron chi connectivity index (χ4n) is 2.53. The van der Waals surface area contributed by atoms with E-state index in [1.54, 1.807) is 6.07 Å². The smallest absolute Gasteiger partial charge is 0.416 e. The van der Waals surface area contributed by atoms with Crippen molar-refractivity contribution in [1.82, 2.24) is 5.32 Å². The van der Waals surface area contributed by atoms with Crippen molar-refractivity contribution in [3.8, 4) is 5.75 Å². The van der Waals surface area contributed by atoms with Crippen LogP contribution in [0, 0.1) is 0 Å². The lowest BCUT2D eigenvalue weighted by molar-refractivity contribution is -0.138. The molecule has 0 aliphatic heterocycles. The van der Waals surface area contributed by atoms with Crippen molar-refractivity contribution in [2.45, 2.75) is 32.5 Å². The van der Waals surface area contributed by atoms with Crippen LogP contribution in [0.3, 0.4) is 0 Å². The Balaban J connectivity index is 2.35. The van der Waals surface area contributed by atoms with Crippen molar-refractivity contribution in [1.29, 1.82) is 0 Å². The minimum atomic E-state index is -4.53. The Kier molecular flexibility index (Phi) is 6.69. The number of rotatable bonds is 6. The highest BCUT2D eigenvalue weighted by Gasteiger charge is 2.34. The molecule has 0 atom stereocenters. The zero-order chi connectivity index (χ0) is 19.3. The van der Waals surface area contributed by atoms with Crippen LogP contribution in [-0.4, -0.2) is 13.0 Å². The van der Waals surface area contributed by atoms with Gasteiger partial charge in [0, 0.05) is 12.6 Å². The maximum absolute atomic E-state index is 13.4. The number of likely N-dealkylation sites (N-methyl/N-ethyl adjacent to an activating group) is 1. The third-order valence-electron chi connectivity index (χ3n) is 3.98. The van der Waals surface area contributed by atoms with E-state index in [0.717, 1.165) is 18.1 Å². The highest BCUT2D eigenvalue weighted by atomic mass is 79.9. The van der Waals surface area contributed by atoms with Crippen LogP contribution in [0.1, 0.15) is 29.2 Å². The molecule has 26 heavy (non-hydrogen) atoms. The number of nitrogens with one attached hydrogen (secondary N) is 1. The van der Waals surface area contributed by atoms with Crippen LogP contribution in [0.5, 0.6) is 5.75 Å². The van der Waals surface area contributed by atoms with E-state index in [9.17, 15) is 18.0 Å². The van der Waals surface area contributed by atoms with E-state index in [0.29, 0.717) is 15.8 Å². The largest absolute Gasteiger partial charge is 0.488 e. The molecule has 3 nitrogen and oxygen atoms in total. The molecule has 140 valence electrons. The van der Waals surface area contributed by atoms with Gasteiger partial charge in [-0.15, -0.1) is 0 Å². The van der Waals surface area contributed by atoms with Crippen LogP contribution in [0.15, 0.2) is 40.9 Å². The van der Waals surface area contributed by atoms with Gasteiger partial charge in [-0.25, -0.2) is 0 Å². The molecule has 1 amide bonds. The second-order valence-electron chi connectivity index (χ2n) is 5.70. The SMILES string of the molecule is CCc1ccc(OCc2c(CC(=O)NC)cccc2C(F)(F)F)c(Br)c1. The fourth-order valence-corrected chi connectivity index (χ4v) is 3.07. The Labute approximate surface area is 158 Å². The zero-order valence-electron chi connectivity index (χ0n) is 14.4. The van der Waals surface area contributed by atoms with E-state index < -0.39 is 11.7 Å². The number of alkyl halides is 3. The lowest BCUT2D eigenvalue weighted by Crippen LogP contribution is -2.22. The summed E-state index contributed by atoms with van der Waals surface area (Å²) in [6, 6.07) is 9.27.